The lowest BCUT2D eigenvalue weighted by molar-refractivity contribution is 0.627. The quantitative estimate of drug-likeness (QED) is 0.812. The van der Waals surface area contributed by atoms with E-state index in [1.165, 1.54) is 0 Å². The number of nitriles is 1. The number of benzene rings is 1. The molecule has 0 amide bonds. The summed E-state index contributed by atoms with van der Waals surface area (Å²) in [5.74, 6) is 2.45. The molecule has 0 aliphatic carbocycles. The van der Waals surface area contributed by atoms with Gasteiger partial charge in [0.1, 0.15) is 11.9 Å². The molecule has 2 atom stereocenters. The summed E-state index contributed by atoms with van der Waals surface area (Å²) >= 11 is 0. The second-order valence-electron chi connectivity index (χ2n) is 5.93. The minimum Gasteiger partial charge on any atom is -0.354 e. The van der Waals surface area contributed by atoms with Gasteiger partial charge in [0.15, 0.2) is 0 Å². The molecular weight excluding hydrogens is 294 g/mol. The molecule has 0 N–H and O–H groups in total. The highest BCUT2D eigenvalue weighted by Gasteiger charge is 2.23. The number of rotatable bonds is 1. The Morgan fingerprint density at radius 3 is 2.95 bits per heavy atom. The fourth-order valence-electron chi connectivity index (χ4n) is 3.05. The van der Waals surface area contributed by atoms with E-state index in [4.69, 9.17) is 4.98 Å². The molecule has 2 unspecified atom stereocenters. The highest BCUT2D eigenvalue weighted by atomic mass is 32.2. The van der Waals surface area contributed by atoms with Crippen molar-refractivity contribution in [3.63, 3.8) is 0 Å². The van der Waals surface area contributed by atoms with Crippen LogP contribution in [0.25, 0.3) is 10.9 Å². The Bertz CT molecular complexity index is 781. The zero-order valence-corrected chi connectivity index (χ0v) is 13.7. The molecule has 1 fully saturated rings. The van der Waals surface area contributed by atoms with E-state index in [9.17, 15) is 9.47 Å². The number of anilines is 1. The highest BCUT2D eigenvalue weighted by Crippen LogP contribution is 2.29. The number of aromatic nitrogens is 1. The van der Waals surface area contributed by atoms with Crippen LogP contribution >= 0.6 is 0 Å². The van der Waals surface area contributed by atoms with E-state index < -0.39 is 10.8 Å². The molecule has 22 heavy (non-hydrogen) atoms. The molecule has 1 saturated heterocycles. The largest absolute Gasteiger partial charge is 0.354 e. The lowest BCUT2D eigenvalue weighted by Crippen LogP contribution is -2.30. The van der Waals surface area contributed by atoms with Gasteiger partial charge in [-0.3, -0.25) is 4.21 Å². The first-order valence-electron chi connectivity index (χ1n) is 7.49. The first kappa shape index (κ1) is 15.0. The Labute approximate surface area is 133 Å². The fourth-order valence-corrected chi connectivity index (χ4v) is 4.38. The SMILES string of the molecule is Cc1c(C#N)c(N2CCS(=O)CC(C)C2)nc2ccccc12. The predicted molar refractivity (Wildman–Crippen MR) is 90.4 cm³/mol. The van der Waals surface area contributed by atoms with Gasteiger partial charge >= 0.3 is 0 Å². The first-order chi connectivity index (χ1) is 10.6. The molecule has 1 aromatic carbocycles. The minimum absolute atomic E-state index is 0.337. The van der Waals surface area contributed by atoms with Gasteiger partial charge in [-0.1, -0.05) is 25.1 Å². The van der Waals surface area contributed by atoms with Crippen LogP contribution in [-0.2, 0) is 10.8 Å². The molecule has 0 spiro atoms. The Morgan fingerprint density at radius 1 is 1.41 bits per heavy atom. The lowest BCUT2D eigenvalue weighted by Gasteiger charge is -2.25. The number of hydrogen-bond donors (Lipinski definition) is 0. The van der Waals surface area contributed by atoms with Crippen LogP contribution < -0.4 is 4.90 Å². The van der Waals surface area contributed by atoms with E-state index in [0.717, 1.165) is 34.6 Å². The van der Waals surface area contributed by atoms with Crippen LogP contribution in [0, 0.1) is 24.2 Å². The number of para-hydroxylation sites is 1. The first-order valence-corrected chi connectivity index (χ1v) is 8.98. The molecule has 2 aromatic rings. The molecule has 2 heterocycles. The normalized spacial score (nSPS) is 22.3. The minimum atomic E-state index is -0.776. The van der Waals surface area contributed by atoms with Crippen LogP contribution in [0.5, 0.6) is 0 Å². The summed E-state index contributed by atoms with van der Waals surface area (Å²) in [6, 6.07) is 10.2. The van der Waals surface area contributed by atoms with E-state index >= 15 is 0 Å². The zero-order chi connectivity index (χ0) is 15.7. The van der Waals surface area contributed by atoms with Crippen molar-refractivity contribution >= 4 is 27.5 Å². The maximum atomic E-state index is 11.9. The predicted octanol–water partition coefficient (Wildman–Crippen LogP) is 2.62. The summed E-state index contributed by atoms with van der Waals surface area (Å²) in [5.41, 5.74) is 2.52. The average Bonchev–Trinajstić information content (AvgIpc) is 2.67. The third-order valence-electron chi connectivity index (χ3n) is 4.14. The van der Waals surface area contributed by atoms with Crippen molar-refractivity contribution in [3.8, 4) is 6.07 Å². The topological polar surface area (TPSA) is 57.0 Å². The Kier molecular flexibility index (Phi) is 4.12. The van der Waals surface area contributed by atoms with Crippen molar-refractivity contribution < 1.29 is 4.21 Å². The number of aryl methyl sites for hydroxylation is 1. The van der Waals surface area contributed by atoms with Crippen molar-refractivity contribution in [1.29, 1.82) is 5.26 Å². The molecular formula is C17H19N3OS. The molecule has 5 heteroatoms. The molecule has 1 aliphatic rings. The van der Waals surface area contributed by atoms with Crippen molar-refractivity contribution in [3.05, 3.63) is 35.4 Å². The maximum absolute atomic E-state index is 11.9. The van der Waals surface area contributed by atoms with Crippen molar-refractivity contribution in [2.45, 2.75) is 13.8 Å². The maximum Gasteiger partial charge on any atom is 0.147 e. The van der Waals surface area contributed by atoms with Gasteiger partial charge in [0.25, 0.3) is 0 Å². The van der Waals surface area contributed by atoms with Gasteiger partial charge in [-0.15, -0.1) is 0 Å². The van der Waals surface area contributed by atoms with E-state index in [2.05, 4.69) is 17.9 Å². The summed E-state index contributed by atoms with van der Waals surface area (Å²) in [6.45, 7) is 5.57. The third-order valence-corrected chi connectivity index (χ3v) is 5.71. The van der Waals surface area contributed by atoms with E-state index in [-0.39, 0.29) is 0 Å². The summed E-state index contributed by atoms with van der Waals surface area (Å²) in [6.07, 6.45) is 0. The summed E-state index contributed by atoms with van der Waals surface area (Å²) in [7, 11) is -0.776. The van der Waals surface area contributed by atoms with Crippen molar-refractivity contribution in [2.75, 3.05) is 29.5 Å². The number of hydrogen-bond acceptors (Lipinski definition) is 4. The summed E-state index contributed by atoms with van der Waals surface area (Å²) in [4.78, 5) is 6.87. The van der Waals surface area contributed by atoms with Gasteiger partial charge in [0.2, 0.25) is 0 Å². The van der Waals surface area contributed by atoms with E-state index in [1.807, 2.05) is 31.2 Å². The van der Waals surface area contributed by atoms with Crippen LogP contribution in [0.1, 0.15) is 18.1 Å². The Hall–Kier alpha value is -1.93. The monoisotopic (exact) mass is 313 g/mol. The number of pyridine rings is 1. The summed E-state index contributed by atoms with van der Waals surface area (Å²) in [5, 5.41) is 10.6. The van der Waals surface area contributed by atoms with Gasteiger partial charge in [-0.25, -0.2) is 4.98 Å². The summed E-state index contributed by atoms with van der Waals surface area (Å²) < 4.78 is 11.9. The second kappa shape index (κ2) is 6.05. The van der Waals surface area contributed by atoms with E-state index in [1.54, 1.807) is 0 Å². The number of nitrogens with zero attached hydrogens (tertiary/aromatic N) is 3. The van der Waals surface area contributed by atoms with Gasteiger partial charge < -0.3 is 4.90 Å². The lowest BCUT2D eigenvalue weighted by atomic mass is 10.0. The van der Waals surface area contributed by atoms with Crippen LogP contribution in [-0.4, -0.2) is 33.8 Å². The van der Waals surface area contributed by atoms with Crippen LogP contribution in [0.2, 0.25) is 0 Å². The Balaban J connectivity index is 2.13. The molecule has 0 saturated carbocycles. The van der Waals surface area contributed by atoms with Gasteiger partial charge in [0, 0.05) is 40.8 Å². The molecule has 1 aliphatic heterocycles. The molecule has 1 aromatic heterocycles. The van der Waals surface area contributed by atoms with Gasteiger partial charge in [-0.2, -0.15) is 5.26 Å². The molecule has 0 bridgehead atoms. The van der Waals surface area contributed by atoms with Crippen LogP contribution in [0.15, 0.2) is 24.3 Å². The molecule has 0 radical (unpaired) electrons. The molecule has 114 valence electrons. The van der Waals surface area contributed by atoms with Crippen molar-refractivity contribution in [2.24, 2.45) is 5.92 Å². The number of fused-ring (bicyclic) bond motifs is 1. The smallest absolute Gasteiger partial charge is 0.147 e. The molecule has 4 nitrogen and oxygen atoms in total. The van der Waals surface area contributed by atoms with Crippen LogP contribution in [0.4, 0.5) is 5.82 Å². The zero-order valence-electron chi connectivity index (χ0n) is 12.9. The van der Waals surface area contributed by atoms with E-state index in [0.29, 0.717) is 23.8 Å². The van der Waals surface area contributed by atoms with Gasteiger partial charge in [0.05, 0.1) is 11.1 Å². The molecule has 3 rings (SSSR count). The van der Waals surface area contributed by atoms with Crippen LogP contribution in [0.3, 0.4) is 0 Å². The fraction of sp³-hybridized carbons (Fsp3) is 0.412. The van der Waals surface area contributed by atoms with Crippen molar-refractivity contribution in [1.82, 2.24) is 4.98 Å². The third kappa shape index (κ3) is 2.71. The second-order valence-corrected chi connectivity index (χ2v) is 7.55. The average molecular weight is 313 g/mol. The standard InChI is InChI=1S/C17H19N3OS/c1-12-10-20(7-8-22(21)11-12)17-15(9-18)13(2)14-5-3-4-6-16(14)19-17/h3-6,12H,7-8,10-11H2,1-2H3. The Morgan fingerprint density at radius 2 is 2.18 bits per heavy atom. The highest BCUT2D eigenvalue weighted by molar-refractivity contribution is 7.85. The van der Waals surface area contributed by atoms with Gasteiger partial charge in [-0.05, 0) is 24.5 Å².